The number of furan rings is 1. The number of fused-ring (bicyclic) bond motifs is 5. The molecular formula is C53H45FIrN4OSi-2. The van der Waals surface area contributed by atoms with Crippen molar-refractivity contribution in [3.8, 4) is 39.5 Å². The van der Waals surface area contributed by atoms with Crippen LogP contribution in [0.4, 0.5) is 4.39 Å². The number of benzene rings is 6. The number of rotatable bonds is 7. The number of hydrogen-bond acceptors (Lipinski definition) is 4. The Kier molecular flexibility index (Phi) is 11.7. The maximum absolute atomic E-state index is 15.6. The van der Waals surface area contributed by atoms with Crippen molar-refractivity contribution in [1.29, 1.82) is 0 Å². The average molecular weight is 993 g/mol. The molecule has 8 heteroatoms. The second kappa shape index (κ2) is 17.1. The molecule has 0 bridgehead atoms. The van der Waals surface area contributed by atoms with Gasteiger partial charge in [-0.15, -0.1) is 54.1 Å². The largest absolute Gasteiger partial charge is 0.486 e. The van der Waals surface area contributed by atoms with Gasteiger partial charge in [-0.2, -0.15) is 0 Å². The molecule has 0 unspecified atom stereocenters. The van der Waals surface area contributed by atoms with Crippen molar-refractivity contribution >= 4 is 57.1 Å². The zero-order valence-corrected chi connectivity index (χ0v) is 38.4. The molecule has 0 atom stereocenters. The van der Waals surface area contributed by atoms with Gasteiger partial charge in [-0.3, -0.25) is 4.98 Å². The topological polar surface area (TPSA) is 56.7 Å². The minimum atomic E-state index is -1.34. The molecule has 6 aromatic carbocycles. The molecule has 61 heavy (non-hydrogen) atoms. The van der Waals surface area contributed by atoms with Crippen LogP contribution in [0.3, 0.4) is 0 Å². The van der Waals surface area contributed by atoms with Crippen LogP contribution in [0.25, 0.3) is 83.3 Å². The van der Waals surface area contributed by atoms with Crippen LogP contribution in [-0.4, -0.2) is 27.6 Å². The molecule has 0 N–H and O–H groups in total. The minimum Gasteiger partial charge on any atom is -0.486 e. The standard InChI is InChI=1S/C35H21FN3O.C18H24NSi.Ir/c1-21-18-19-26-25-14-9-15-27(33(25)40-35(26)37-21)34-38-30-16-7-8-17-31(30)39(34)32-24-13-6-5-12-23(24)29(36)20-28(32)22-10-3-2-4-11-22;1-14(2)11-16-12-17(15-9-7-6-8-10-15)19-13-18(16)20(3,4)5;/h2-14,16-20H,1H3;6-9,12-14H,11H2,1-5H3;/q2*-1;. The van der Waals surface area contributed by atoms with E-state index in [0.717, 1.165) is 72.9 Å². The molecule has 10 aromatic rings. The first-order chi connectivity index (χ1) is 29.0. The van der Waals surface area contributed by atoms with Gasteiger partial charge in [0.15, 0.2) is 0 Å². The Morgan fingerprint density at radius 3 is 2.23 bits per heavy atom. The zero-order chi connectivity index (χ0) is 41.5. The van der Waals surface area contributed by atoms with E-state index in [4.69, 9.17) is 9.40 Å². The fraction of sp³-hybridized carbons (Fsp3) is 0.151. The third-order valence-corrected chi connectivity index (χ3v) is 13.0. The second-order valence-corrected chi connectivity index (χ2v) is 21.8. The van der Waals surface area contributed by atoms with Gasteiger partial charge in [0, 0.05) is 53.7 Å². The summed E-state index contributed by atoms with van der Waals surface area (Å²) in [6.45, 7) is 13.7. The van der Waals surface area contributed by atoms with E-state index in [9.17, 15) is 0 Å². The molecule has 0 amide bonds. The van der Waals surface area contributed by atoms with Gasteiger partial charge in [-0.1, -0.05) is 123 Å². The molecule has 10 rings (SSSR count). The summed E-state index contributed by atoms with van der Waals surface area (Å²) in [6.07, 6.45) is 3.24. The van der Waals surface area contributed by atoms with Crippen LogP contribution in [-0.2, 0) is 26.5 Å². The molecule has 0 saturated heterocycles. The van der Waals surface area contributed by atoms with E-state index in [-0.39, 0.29) is 25.9 Å². The van der Waals surface area contributed by atoms with Crippen LogP contribution in [0, 0.1) is 30.8 Å². The Balaban J connectivity index is 0.000000208. The fourth-order valence-corrected chi connectivity index (χ4v) is 9.77. The van der Waals surface area contributed by atoms with E-state index in [1.54, 1.807) is 6.07 Å². The average Bonchev–Trinajstić information content (AvgIpc) is 3.82. The Labute approximate surface area is 370 Å². The number of para-hydroxylation sites is 2. The summed E-state index contributed by atoms with van der Waals surface area (Å²) in [5, 5.41) is 4.72. The summed E-state index contributed by atoms with van der Waals surface area (Å²) < 4.78 is 24.1. The van der Waals surface area contributed by atoms with Gasteiger partial charge >= 0.3 is 0 Å². The normalized spacial score (nSPS) is 11.6. The third-order valence-electron chi connectivity index (χ3n) is 10.9. The van der Waals surface area contributed by atoms with Crippen molar-refractivity contribution in [2.75, 3.05) is 0 Å². The van der Waals surface area contributed by atoms with E-state index in [0.29, 0.717) is 28.4 Å². The fourth-order valence-electron chi connectivity index (χ4n) is 8.18. The summed E-state index contributed by atoms with van der Waals surface area (Å²) in [5.74, 6) is 1.06. The summed E-state index contributed by atoms with van der Waals surface area (Å²) in [6, 6.07) is 52.1. The van der Waals surface area contributed by atoms with Gasteiger partial charge in [-0.05, 0) is 66.0 Å². The minimum absolute atomic E-state index is 0. The first-order valence-corrected chi connectivity index (χ1v) is 24.0. The maximum atomic E-state index is 15.6. The van der Waals surface area contributed by atoms with Gasteiger partial charge in [-0.25, -0.2) is 9.37 Å². The van der Waals surface area contributed by atoms with Gasteiger partial charge in [0.25, 0.3) is 0 Å². The molecular weight excluding hydrogens is 948 g/mol. The molecule has 4 aromatic heterocycles. The van der Waals surface area contributed by atoms with E-state index >= 15 is 4.39 Å². The smallest absolute Gasteiger partial charge is 0.216 e. The molecule has 305 valence electrons. The predicted octanol–water partition coefficient (Wildman–Crippen LogP) is 13.3. The van der Waals surface area contributed by atoms with Crippen molar-refractivity contribution in [3.05, 3.63) is 175 Å². The molecule has 0 aliphatic carbocycles. The molecule has 0 fully saturated rings. The number of halogens is 1. The number of pyridine rings is 2. The Morgan fingerprint density at radius 2 is 1.48 bits per heavy atom. The van der Waals surface area contributed by atoms with Gasteiger partial charge < -0.3 is 14.0 Å². The Morgan fingerprint density at radius 1 is 0.738 bits per heavy atom. The van der Waals surface area contributed by atoms with E-state index in [2.05, 4.69) is 78.5 Å². The van der Waals surface area contributed by atoms with Crippen LogP contribution >= 0.6 is 0 Å². The first-order valence-electron chi connectivity index (χ1n) is 20.5. The number of aromatic nitrogens is 4. The quantitative estimate of drug-likeness (QED) is 0.118. The van der Waals surface area contributed by atoms with E-state index in [1.807, 2.05) is 128 Å². The summed E-state index contributed by atoms with van der Waals surface area (Å²) in [7, 11) is -1.34. The Bertz CT molecular complexity index is 3170. The van der Waals surface area contributed by atoms with Gasteiger partial charge in [0.05, 0.1) is 36.2 Å². The van der Waals surface area contributed by atoms with Crippen LogP contribution in [0.15, 0.2) is 150 Å². The number of hydrogen-bond donors (Lipinski definition) is 0. The maximum Gasteiger partial charge on any atom is 0.216 e. The van der Waals surface area contributed by atoms with Crippen molar-refractivity contribution < 1.29 is 28.9 Å². The van der Waals surface area contributed by atoms with Crippen molar-refractivity contribution in [1.82, 2.24) is 19.5 Å². The Hall–Kier alpha value is -6.05. The van der Waals surface area contributed by atoms with Crippen LogP contribution < -0.4 is 5.19 Å². The van der Waals surface area contributed by atoms with E-state index in [1.165, 1.54) is 10.8 Å². The van der Waals surface area contributed by atoms with Gasteiger partial charge in [0.2, 0.25) is 5.71 Å². The van der Waals surface area contributed by atoms with Crippen LogP contribution in [0.2, 0.25) is 19.6 Å². The van der Waals surface area contributed by atoms with Crippen molar-refractivity contribution in [2.24, 2.45) is 5.92 Å². The summed E-state index contributed by atoms with van der Waals surface area (Å²) >= 11 is 0. The summed E-state index contributed by atoms with van der Waals surface area (Å²) in [5.41, 5.74) is 10.7. The number of imidazole rings is 1. The summed E-state index contributed by atoms with van der Waals surface area (Å²) in [4.78, 5) is 14.4. The third kappa shape index (κ3) is 8.11. The monoisotopic (exact) mass is 993 g/mol. The van der Waals surface area contributed by atoms with E-state index < -0.39 is 8.07 Å². The molecule has 4 heterocycles. The predicted molar refractivity (Wildman–Crippen MR) is 248 cm³/mol. The van der Waals surface area contributed by atoms with Crippen molar-refractivity contribution in [2.45, 2.75) is 46.8 Å². The van der Waals surface area contributed by atoms with Crippen molar-refractivity contribution in [3.63, 3.8) is 0 Å². The number of aryl methyl sites for hydroxylation is 1. The molecule has 1 radical (unpaired) electrons. The second-order valence-electron chi connectivity index (χ2n) is 16.8. The molecule has 0 saturated carbocycles. The zero-order valence-electron chi connectivity index (χ0n) is 35.0. The molecule has 0 spiro atoms. The SMILES string of the molecule is CC(C)Cc1cc(-c2[c-]cccc2)ncc1[Si](C)(C)C.Cc1ccc2c(n1)oc1c(-c3nc4ccccc4n3-c3c(-c4ccccc4)cc(F)c4ccccc34)[c-]ccc12.[Ir]. The molecule has 0 aliphatic rings. The van der Waals surface area contributed by atoms with Gasteiger partial charge in [0.1, 0.15) is 5.82 Å². The molecule has 5 nitrogen and oxygen atoms in total. The molecule has 0 aliphatic heterocycles. The van der Waals surface area contributed by atoms with Crippen LogP contribution in [0.1, 0.15) is 25.1 Å². The first kappa shape index (κ1) is 41.7. The van der Waals surface area contributed by atoms with Crippen LogP contribution in [0.5, 0.6) is 0 Å². The number of nitrogens with zero attached hydrogens (tertiary/aromatic N) is 4.